The smallest absolute Gasteiger partial charge is 0.269 e. The highest BCUT2D eigenvalue weighted by atomic mass is 35.5. The van der Waals surface area contributed by atoms with Crippen LogP contribution in [0.15, 0.2) is 48.7 Å². The quantitative estimate of drug-likeness (QED) is 0.377. The molecule has 1 amide bonds. The van der Waals surface area contributed by atoms with Gasteiger partial charge >= 0.3 is 0 Å². The molecule has 0 aliphatic heterocycles. The van der Waals surface area contributed by atoms with Gasteiger partial charge in [-0.25, -0.2) is 4.98 Å². The van der Waals surface area contributed by atoms with Crippen molar-refractivity contribution in [3.05, 3.63) is 59.4 Å². The molecule has 0 radical (unpaired) electrons. The average molecular weight is 454 g/mol. The Hall–Kier alpha value is -3.98. The van der Waals surface area contributed by atoms with Gasteiger partial charge in [0.1, 0.15) is 28.7 Å². The van der Waals surface area contributed by atoms with Crippen molar-refractivity contribution >= 4 is 40.2 Å². The molecule has 0 atom stereocenters. The molecule has 3 N–H and O–H groups in total. The maximum atomic E-state index is 11.8. The summed E-state index contributed by atoms with van der Waals surface area (Å²) in [6.07, 6.45) is 1.52. The number of methoxy groups -OCH3 is 2. The summed E-state index contributed by atoms with van der Waals surface area (Å²) in [7, 11) is 4.65. The normalized spacial score (nSPS) is 10.6. The first kappa shape index (κ1) is 21.3. The number of ether oxygens (including phenoxy) is 3. The van der Waals surface area contributed by atoms with Gasteiger partial charge in [0.05, 0.1) is 36.0 Å². The predicted octanol–water partition coefficient (Wildman–Crippen LogP) is 4.52. The van der Waals surface area contributed by atoms with Crippen molar-refractivity contribution in [1.82, 2.24) is 20.3 Å². The fourth-order valence-electron chi connectivity index (χ4n) is 3.06. The second-order valence-corrected chi connectivity index (χ2v) is 7.04. The number of carbonyl (C=O) groups excluding carboxylic acids is 1. The van der Waals surface area contributed by atoms with Crippen LogP contribution >= 0.6 is 11.6 Å². The van der Waals surface area contributed by atoms with E-state index in [1.807, 2.05) is 12.1 Å². The number of hydrogen-bond donors (Lipinski definition) is 3. The number of H-pyrrole nitrogens is 1. The van der Waals surface area contributed by atoms with Gasteiger partial charge in [0.2, 0.25) is 5.95 Å². The number of nitrogens with zero attached hydrogens (tertiary/aromatic N) is 2. The third kappa shape index (κ3) is 4.37. The van der Waals surface area contributed by atoms with Crippen molar-refractivity contribution in [2.75, 3.05) is 26.6 Å². The Labute approximate surface area is 188 Å². The van der Waals surface area contributed by atoms with E-state index in [2.05, 4.69) is 25.6 Å². The molecule has 0 saturated heterocycles. The summed E-state index contributed by atoms with van der Waals surface area (Å²) < 4.78 is 16.5. The minimum Gasteiger partial charge on any atom is -0.495 e. The highest BCUT2D eigenvalue weighted by Crippen LogP contribution is 2.37. The number of benzene rings is 2. The minimum atomic E-state index is -0.288. The summed E-state index contributed by atoms with van der Waals surface area (Å²) in [5.74, 6) is 2.35. The van der Waals surface area contributed by atoms with E-state index in [-0.39, 0.29) is 11.6 Å². The molecule has 0 saturated carbocycles. The first-order valence-corrected chi connectivity index (χ1v) is 9.93. The third-order valence-electron chi connectivity index (χ3n) is 4.61. The Kier molecular flexibility index (Phi) is 6.00. The number of rotatable bonds is 7. The van der Waals surface area contributed by atoms with Crippen LogP contribution < -0.4 is 24.8 Å². The number of aromatic nitrogens is 3. The maximum absolute atomic E-state index is 11.8. The monoisotopic (exact) mass is 453 g/mol. The Bertz CT molecular complexity index is 1290. The summed E-state index contributed by atoms with van der Waals surface area (Å²) in [5.41, 5.74) is 2.39. The van der Waals surface area contributed by atoms with Gasteiger partial charge in [0.15, 0.2) is 0 Å². The summed E-state index contributed by atoms with van der Waals surface area (Å²) in [4.78, 5) is 23.5. The molecule has 4 aromatic rings. The Balaban J connectivity index is 1.58. The Morgan fingerprint density at radius 1 is 1.03 bits per heavy atom. The number of fused-ring (bicyclic) bond motifs is 1. The SMILES string of the molecule is CNC(=O)c1cc(Oc2ccc3nc(Nc4cc(Cl)c(OC)cc4OC)[nH]c3c2)ccn1. The number of nitrogens with one attached hydrogen (secondary N) is 3. The van der Waals surface area contributed by atoms with E-state index in [4.69, 9.17) is 25.8 Å². The van der Waals surface area contributed by atoms with E-state index in [0.717, 1.165) is 11.0 Å². The summed E-state index contributed by atoms with van der Waals surface area (Å²) in [6.45, 7) is 0. The molecule has 0 unspecified atom stereocenters. The zero-order valence-corrected chi connectivity index (χ0v) is 18.3. The topological polar surface area (TPSA) is 110 Å². The number of anilines is 2. The summed E-state index contributed by atoms with van der Waals surface area (Å²) in [6, 6.07) is 12.1. The summed E-state index contributed by atoms with van der Waals surface area (Å²) >= 11 is 6.24. The summed E-state index contributed by atoms with van der Waals surface area (Å²) in [5, 5.41) is 6.15. The lowest BCUT2D eigenvalue weighted by atomic mass is 10.2. The number of halogens is 1. The van der Waals surface area contributed by atoms with Crippen LogP contribution in [0.1, 0.15) is 10.5 Å². The van der Waals surface area contributed by atoms with Crippen molar-refractivity contribution in [1.29, 1.82) is 0 Å². The van der Waals surface area contributed by atoms with Crippen LogP contribution in [0, 0.1) is 0 Å². The zero-order chi connectivity index (χ0) is 22.7. The molecule has 32 heavy (non-hydrogen) atoms. The molecule has 9 nitrogen and oxygen atoms in total. The number of aromatic amines is 1. The fraction of sp³-hybridized carbons (Fsp3) is 0.136. The minimum absolute atomic E-state index is 0.270. The Morgan fingerprint density at radius 3 is 2.56 bits per heavy atom. The molecule has 164 valence electrons. The van der Waals surface area contributed by atoms with E-state index >= 15 is 0 Å². The predicted molar refractivity (Wildman–Crippen MR) is 122 cm³/mol. The lowest BCUT2D eigenvalue weighted by Gasteiger charge is -2.12. The van der Waals surface area contributed by atoms with Gasteiger partial charge in [0, 0.05) is 31.4 Å². The van der Waals surface area contributed by atoms with Crippen LogP contribution in [0.5, 0.6) is 23.0 Å². The highest BCUT2D eigenvalue weighted by Gasteiger charge is 2.13. The van der Waals surface area contributed by atoms with Crippen LogP contribution in [0.3, 0.4) is 0 Å². The van der Waals surface area contributed by atoms with Crippen LogP contribution in [0.4, 0.5) is 11.6 Å². The molecule has 2 aromatic heterocycles. The van der Waals surface area contributed by atoms with E-state index < -0.39 is 0 Å². The number of amides is 1. The standard InChI is InChI=1S/C22H20ClN5O4/c1-24-21(29)18-9-13(6-7-25-18)32-12-4-5-15-16(8-12)27-22(26-15)28-17-10-14(23)19(30-2)11-20(17)31-3/h4-11H,1-3H3,(H,24,29)(H2,26,27,28). The molecule has 0 aliphatic carbocycles. The van der Waals surface area contributed by atoms with Crippen molar-refractivity contribution in [2.24, 2.45) is 0 Å². The molecule has 2 heterocycles. The third-order valence-corrected chi connectivity index (χ3v) is 4.90. The fourth-order valence-corrected chi connectivity index (χ4v) is 3.30. The average Bonchev–Trinajstić information content (AvgIpc) is 3.20. The van der Waals surface area contributed by atoms with Gasteiger partial charge in [-0.2, -0.15) is 0 Å². The molecule has 10 heteroatoms. The molecule has 0 fully saturated rings. The molecule has 0 aliphatic rings. The van der Waals surface area contributed by atoms with E-state index in [1.54, 1.807) is 44.5 Å². The number of hydrogen-bond acceptors (Lipinski definition) is 7. The molecular weight excluding hydrogens is 434 g/mol. The molecule has 0 bridgehead atoms. The van der Waals surface area contributed by atoms with Gasteiger partial charge in [-0.05, 0) is 24.3 Å². The first-order chi connectivity index (χ1) is 15.5. The van der Waals surface area contributed by atoms with Gasteiger partial charge in [-0.15, -0.1) is 0 Å². The van der Waals surface area contributed by atoms with Crippen molar-refractivity contribution < 1.29 is 19.0 Å². The van der Waals surface area contributed by atoms with Gasteiger partial charge in [0.25, 0.3) is 5.91 Å². The number of pyridine rings is 1. The van der Waals surface area contributed by atoms with Gasteiger partial charge in [-0.3, -0.25) is 9.78 Å². The van der Waals surface area contributed by atoms with E-state index in [9.17, 15) is 4.79 Å². The maximum Gasteiger partial charge on any atom is 0.269 e. The molecule has 0 spiro atoms. The van der Waals surface area contributed by atoms with Crippen LogP contribution in [-0.4, -0.2) is 42.1 Å². The molecule has 4 rings (SSSR count). The van der Waals surface area contributed by atoms with E-state index in [1.165, 1.54) is 13.3 Å². The second kappa shape index (κ2) is 9.03. The van der Waals surface area contributed by atoms with Gasteiger partial charge < -0.3 is 29.8 Å². The Morgan fingerprint density at radius 2 is 1.81 bits per heavy atom. The second-order valence-electron chi connectivity index (χ2n) is 6.63. The zero-order valence-electron chi connectivity index (χ0n) is 17.5. The molecule has 2 aromatic carbocycles. The van der Waals surface area contributed by atoms with Gasteiger partial charge in [-0.1, -0.05) is 11.6 Å². The first-order valence-electron chi connectivity index (χ1n) is 9.55. The van der Waals surface area contributed by atoms with Crippen LogP contribution in [0.25, 0.3) is 11.0 Å². The number of carbonyl (C=O) groups is 1. The van der Waals surface area contributed by atoms with Crippen LogP contribution in [0.2, 0.25) is 5.02 Å². The van der Waals surface area contributed by atoms with Crippen molar-refractivity contribution in [3.8, 4) is 23.0 Å². The lowest BCUT2D eigenvalue weighted by Crippen LogP contribution is -2.18. The lowest BCUT2D eigenvalue weighted by molar-refractivity contribution is 0.0958. The highest BCUT2D eigenvalue weighted by molar-refractivity contribution is 6.32. The molecular formula is C22H20ClN5O4. The van der Waals surface area contributed by atoms with Crippen LogP contribution in [-0.2, 0) is 0 Å². The van der Waals surface area contributed by atoms with E-state index in [0.29, 0.717) is 39.7 Å². The largest absolute Gasteiger partial charge is 0.495 e. The van der Waals surface area contributed by atoms with Crippen molar-refractivity contribution in [3.63, 3.8) is 0 Å². The van der Waals surface area contributed by atoms with Crippen molar-refractivity contribution in [2.45, 2.75) is 0 Å². The number of imidazole rings is 1.